The SMILES string of the molecule is Cl.N[C@@H]1CCC[C@H]1CC(=O)NCCC(=O)Nc1ccccc1. The summed E-state index contributed by atoms with van der Waals surface area (Å²) in [4.78, 5) is 23.5. The van der Waals surface area contributed by atoms with E-state index >= 15 is 0 Å². The summed E-state index contributed by atoms with van der Waals surface area (Å²) in [5.74, 6) is 0.187. The van der Waals surface area contributed by atoms with Gasteiger partial charge in [-0.1, -0.05) is 24.6 Å². The molecule has 2 amide bonds. The third-order valence-corrected chi connectivity index (χ3v) is 3.90. The Kier molecular flexibility index (Phi) is 7.91. The van der Waals surface area contributed by atoms with Crippen molar-refractivity contribution >= 4 is 29.9 Å². The van der Waals surface area contributed by atoms with Crippen molar-refractivity contribution in [2.45, 2.75) is 38.1 Å². The first-order valence-electron chi connectivity index (χ1n) is 7.52. The van der Waals surface area contributed by atoms with Gasteiger partial charge in [0, 0.05) is 31.1 Å². The summed E-state index contributed by atoms with van der Waals surface area (Å²) in [6, 6.07) is 9.43. The first-order valence-corrected chi connectivity index (χ1v) is 7.52. The predicted molar refractivity (Wildman–Crippen MR) is 89.9 cm³/mol. The van der Waals surface area contributed by atoms with E-state index < -0.39 is 0 Å². The largest absolute Gasteiger partial charge is 0.356 e. The molecule has 0 unspecified atom stereocenters. The maximum Gasteiger partial charge on any atom is 0.226 e. The average Bonchev–Trinajstić information content (AvgIpc) is 2.85. The highest BCUT2D eigenvalue weighted by molar-refractivity contribution is 5.91. The van der Waals surface area contributed by atoms with Gasteiger partial charge in [-0.3, -0.25) is 9.59 Å². The summed E-state index contributed by atoms with van der Waals surface area (Å²) < 4.78 is 0. The predicted octanol–water partition coefficient (Wildman–Crippen LogP) is 2.07. The number of hydrogen-bond acceptors (Lipinski definition) is 3. The maximum absolute atomic E-state index is 11.8. The van der Waals surface area contributed by atoms with Crippen LogP contribution in [-0.4, -0.2) is 24.4 Å². The normalized spacial score (nSPS) is 20.0. The number of halogens is 1. The topological polar surface area (TPSA) is 84.2 Å². The monoisotopic (exact) mass is 325 g/mol. The molecule has 0 saturated heterocycles. The molecule has 0 aromatic heterocycles. The molecule has 122 valence electrons. The van der Waals surface area contributed by atoms with Crippen molar-refractivity contribution in [3.05, 3.63) is 30.3 Å². The molecule has 22 heavy (non-hydrogen) atoms. The Labute approximate surface area is 137 Å². The molecule has 4 N–H and O–H groups in total. The molecule has 0 aliphatic heterocycles. The zero-order valence-corrected chi connectivity index (χ0v) is 13.4. The molecule has 1 aliphatic carbocycles. The van der Waals surface area contributed by atoms with E-state index in [4.69, 9.17) is 5.73 Å². The van der Waals surface area contributed by atoms with Gasteiger partial charge in [0.15, 0.2) is 0 Å². The minimum absolute atomic E-state index is 0. The number of rotatable bonds is 6. The number of carbonyl (C=O) groups excluding carboxylic acids is 2. The molecule has 0 bridgehead atoms. The lowest BCUT2D eigenvalue weighted by molar-refractivity contribution is -0.122. The molecule has 1 aromatic carbocycles. The van der Waals surface area contributed by atoms with E-state index in [0.717, 1.165) is 24.9 Å². The summed E-state index contributed by atoms with van der Waals surface area (Å²) in [5, 5.41) is 5.58. The van der Waals surface area contributed by atoms with Crippen molar-refractivity contribution in [3.63, 3.8) is 0 Å². The maximum atomic E-state index is 11.8. The van der Waals surface area contributed by atoms with Crippen LogP contribution in [0.15, 0.2) is 30.3 Å². The van der Waals surface area contributed by atoms with Crippen LogP contribution in [-0.2, 0) is 9.59 Å². The number of hydrogen-bond donors (Lipinski definition) is 3. The summed E-state index contributed by atoms with van der Waals surface area (Å²) >= 11 is 0. The van der Waals surface area contributed by atoms with Crippen molar-refractivity contribution in [2.75, 3.05) is 11.9 Å². The van der Waals surface area contributed by atoms with E-state index in [-0.39, 0.29) is 36.7 Å². The quantitative estimate of drug-likeness (QED) is 0.748. The highest BCUT2D eigenvalue weighted by Gasteiger charge is 2.25. The zero-order chi connectivity index (χ0) is 15.1. The highest BCUT2D eigenvalue weighted by atomic mass is 35.5. The standard InChI is InChI=1S/C16H23N3O2.ClH/c17-14-8-4-5-12(14)11-16(21)18-10-9-15(20)19-13-6-2-1-3-7-13;/h1-3,6-7,12,14H,4-5,8-11,17H2,(H,18,21)(H,19,20);1H/t12-,14+;/m0./s1. The molecular weight excluding hydrogens is 302 g/mol. The fourth-order valence-electron chi connectivity index (χ4n) is 2.69. The molecule has 2 atom stereocenters. The van der Waals surface area contributed by atoms with E-state index in [2.05, 4.69) is 10.6 Å². The van der Waals surface area contributed by atoms with Crippen LogP contribution >= 0.6 is 12.4 Å². The Hall–Kier alpha value is -1.59. The fourth-order valence-corrected chi connectivity index (χ4v) is 2.69. The van der Waals surface area contributed by atoms with Crippen LogP contribution in [0.5, 0.6) is 0 Å². The van der Waals surface area contributed by atoms with Gasteiger partial charge >= 0.3 is 0 Å². The van der Waals surface area contributed by atoms with Gasteiger partial charge in [0.2, 0.25) is 11.8 Å². The molecule has 6 heteroatoms. The Morgan fingerprint density at radius 2 is 1.86 bits per heavy atom. The molecule has 1 aromatic rings. The van der Waals surface area contributed by atoms with Gasteiger partial charge in [0.1, 0.15) is 0 Å². The van der Waals surface area contributed by atoms with Gasteiger partial charge in [0.05, 0.1) is 0 Å². The Bertz CT molecular complexity index is 482. The molecule has 2 rings (SSSR count). The van der Waals surface area contributed by atoms with Gasteiger partial charge in [-0.25, -0.2) is 0 Å². The first-order chi connectivity index (χ1) is 10.1. The molecule has 1 aliphatic rings. The molecule has 5 nitrogen and oxygen atoms in total. The minimum atomic E-state index is -0.0981. The Balaban J connectivity index is 0.00000242. The van der Waals surface area contributed by atoms with Gasteiger partial charge in [0.25, 0.3) is 0 Å². The second kappa shape index (κ2) is 9.43. The van der Waals surface area contributed by atoms with Gasteiger partial charge < -0.3 is 16.4 Å². The van der Waals surface area contributed by atoms with Gasteiger partial charge in [-0.2, -0.15) is 0 Å². The van der Waals surface area contributed by atoms with Crippen LogP contribution in [0.2, 0.25) is 0 Å². The summed E-state index contributed by atoms with van der Waals surface area (Å²) in [6.45, 7) is 0.361. The van der Waals surface area contributed by atoms with E-state index in [1.54, 1.807) is 0 Å². The lowest BCUT2D eigenvalue weighted by Gasteiger charge is -2.14. The molecular formula is C16H24ClN3O2. The van der Waals surface area contributed by atoms with Crippen molar-refractivity contribution < 1.29 is 9.59 Å². The number of nitrogens with one attached hydrogen (secondary N) is 2. The summed E-state index contributed by atoms with van der Waals surface area (Å²) in [6.07, 6.45) is 3.90. The summed E-state index contributed by atoms with van der Waals surface area (Å²) in [7, 11) is 0. The number of nitrogens with two attached hydrogens (primary N) is 1. The van der Waals surface area contributed by atoms with E-state index in [9.17, 15) is 9.59 Å². The number of para-hydroxylation sites is 1. The number of anilines is 1. The second-order valence-corrected chi connectivity index (χ2v) is 5.57. The zero-order valence-electron chi connectivity index (χ0n) is 12.6. The van der Waals surface area contributed by atoms with Gasteiger partial charge in [-0.05, 0) is 30.9 Å². The smallest absolute Gasteiger partial charge is 0.226 e. The lowest BCUT2D eigenvalue weighted by atomic mass is 10.00. The van der Waals surface area contributed by atoms with E-state index in [1.807, 2.05) is 30.3 Å². The lowest BCUT2D eigenvalue weighted by Crippen LogP contribution is -2.33. The van der Waals surface area contributed by atoms with Crippen molar-refractivity contribution in [1.82, 2.24) is 5.32 Å². The van der Waals surface area contributed by atoms with E-state index in [1.165, 1.54) is 0 Å². The average molecular weight is 326 g/mol. The second-order valence-electron chi connectivity index (χ2n) is 5.57. The molecule has 1 saturated carbocycles. The van der Waals surface area contributed by atoms with Crippen LogP contribution < -0.4 is 16.4 Å². The molecule has 0 spiro atoms. The molecule has 0 radical (unpaired) electrons. The van der Waals surface area contributed by atoms with Crippen LogP contribution in [0.1, 0.15) is 32.1 Å². The van der Waals surface area contributed by atoms with Gasteiger partial charge in [-0.15, -0.1) is 12.4 Å². The van der Waals surface area contributed by atoms with Crippen LogP contribution in [0.3, 0.4) is 0 Å². The number of amides is 2. The first kappa shape index (κ1) is 18.5. The summed E-state index contributed by atoms with van der Waals surface area (Å²) in [5.41, 5.74) is 6.72. The van der Waals surface area contributed by atoms with Crippen LogP contribution in [0.4, 0.5) is 5.69 Å². The van der Waals surface area contributed by atoms with Crippen LogP contribution in [0, 0.1) is 5.92 Å². The molecule has 1 fully saturated rings. The van der Waals surface area contributed by atoms with E-state index in [0.29, 0.717) is 18.9 Å². The van der Waals surface area contributed by atoms with Crippen molar-refractivity contribution in [2.24, 2.45) is 11.7 Å². The van der Waals surface area contributed by atoms with Crippen molar-refractivity contribution in [3.8, 4) is 0 Å². The van der Waals surface area contributed by atoms with Crippen molar-refractivity contribution in [1.29, 1.82) is 0 Å². The Morgan fingerprint density at radius 1 is 1.14 bits per heavy atom. The third kappa shape index (κ3) is 6.03. The number of benzene rings is 1. The Morgan fingerprint density at radius 3 is 2.50 bits per heavy atom. The highest BCUT2D eigenvalue weighted by Crippen LogP contribution is 2.26. The fraction of sp³-hybridized carbons (Fsp3) is 0.500. The molecule has 0 heterocycles. The number of carbonyl (C=O) groups is 2. The minimum Gasteiger partial charge on any atom is -0.356 e. The van der Waals surface area contributed by atoms with Crippen LogP contribution in [0.25, 0.3) is 0 Å². The third-order valence-electron chi connectivity index (χ3n) is 3.90.